The van der Waals surface area contributed by atoms with Gasteiger partial charge in [0.15, 0.2) is 0 Å². The molecule has 2 aromatic rings. The van der Waals surface area contributed by atoms with Gasteiger partial charge in [-0.3, -0.25) is 0 Å². The lowest BCUT2D eigenvalue weighted by Gasteiger charge is -2.18. The van der Waals surface area contributed by atoms with Crippen molar-refractivity contribution in [3.05, 3.63) is 58.9 Å². The molecule has 3 rings (SSSR count). The Balaban J connectivity index is 1.80. The Morgan fingerprint density at radius 3 is 2.85 bits per heavy atom. The second kappa shape index (κ2) is 5.16. The van der Waals surface area contributed by atoms with Gasteiger partial charge < -0.3 is 10.1 Å². The average Bonchev–Trinajstić information content (AvgIpc) is 2.89. The highest BCUT2D eigenvalue weighted by Crippen LogP contribution is 2.30. The fraction of sp³-hybridized carbons (Fsp3) is 0.294. The van der Waals surface area contributed by atoms with Gasteiger partial charge in [-0.15, -0.1) is 0 Å². The minimum absolute atomic E-state index is 0.171. The van der Waals surface area contributed by atoms with Crippen LogP contribution in [0, 0.1) is 12.7 Å². The highest BCUT2D eigenvalue weighted by atomic mass is 19.1. The maximum Gasteiger partial charge on any atom is 0.123 e. The molecule has 1 atom stereocenters. The molecule has 0 amide bonds. The number of anilines is 1. The molecule has 0 fully saturated rings. The summed E-state index contributed by atoms with van der Waals surface area (Å²) in [7, 11) is 0. The number of hydrogen-bond acceptors (Lipinski definition) is 2. The van der Waals surface area contributed by atoms with Gasteiger partial charge in [-0.1, -0.05) is 6.07 Å². The van der Waals surface area contributed by atoms with Crippen LogP contribution in [0.25, 0.3) is 0 Å². The lowest BCUT2D eigenvalue weighted by molar-refractivity contribution is 0.357. The van der Waals surface area contributed by atoms with E-state index in [4.69, 9.17) is 4.74 Å². The van der Waals surface area contributed by atoms with Gasteiger partial charge in [-0.25, -0.2) is 4.39 Å². The van der Waals surface area contributed by atoms with E-state index in [0.29, 0.717) is 0 Å². The largest absolute Gasteiger partial charge is 0.493 e. The molecule has 0 aromatic heterocycles. The van der Waals surface area contributed by atoms with E-state index < -0.39 is 0 Å². The molecule has 0 saturated heterocycles. The second-order valence-electron chi connectivity index (χ2n) is 5.29. The molecule has 0 aliphatic carbocycles. The Kier molecular flexibility index (Phi) is 3.35. The number of ether oxygens (including phenoxy) is 1. The number of fused-ring (bicyclic) bond motifs is 1. The van der Waals surface area contributed by atoms with Crippen LogP contribution in [0.3, 0.4) is 0 Å². The molecule has 2 nitrogen and oxygen atoms in total. The molecule has 3 heteroatoms. The average molecular weight is 271 g/mol. The lowest BCUT2D eigenvalue weighted by Crippen LogP contribution is -2.08. The van der Waals surface area contributed by atoms with Gasteiger partial charge >= 0.3 is 0 Å². The Hall–Kier alpha value is -2.03. The van der Waals surface area contributed by atoms with E-state index in [1.54, 1.807) is 12.1 Å². The first-order valence-corrected chi connectivity index (χ1v) is 6.92. The van der Waals surface area contributed by atoms with E-state index in [-0.39, 0.29) is 11.9 Å². The maximum atomic E-state index is 13.1. The summed E-state index contributed by atoms with van der Waals surface area (Å²) in [5.41, 5.74) is 4.38. The predicted octanol–water partition coefficient (Wildman–Crippen LogP) is 4.24. The first-order valence-electron chi connectivity index (χ1n) is 6.92. The normalized spacial score (nSPS) is 14.6. The van der Waals surface area contributed by atoms with Gasteiger partial charge in [0.2, 0.25) is 0 Å². The summed E-state index contributed by atoms with van der Waals surface area (Å²) in [6.45, 7) is 4.80. The number of halogens is 1. The van der Waals surface area contributed by atoms with Gasteiger partial charge in [-0.2, -0.15) is 0 Å². The molecule has 2 aromatic carbocycles. The number of nitrogens with one attached hydrogen (secondary N) is 1. The SMILES string of the molecule is Cc1cc(F)ccc1NC(C)c1ccc2c(c1)CCO2. The molecular formula is C17H18FNO. The van der Waals surface area contributed by atoms with Crippen LogP contribution in [0.5, 0.6) is 5.75 Å². The van der Waals surface area contributed by atoms with Crippen molar-refractivity contribution in [2.24, 2.45) is 0 Å². The van der Waals surface area contributed by atoms with E-state index in [2.05, 4.69) is 24.4 Å². The summed E-state index contributed by atoms with van der Waals surface area (Å²) in [5.74, 6) is 0.800. The van der Waals surface area contributed by atoms with E-state index in [1.165, 1.54) is 17.2 Å². The highest BCUT2D eigenvalue weighted by molar-refractivity contribution is 5.52. The highest BCUT2D eigenvalue weighted by Gasteiger charge is 2.15. The molecule has 104 valence electrons. The third kappa shape index (κ3) is 2.48. The summed E-state index contributed by atoms with van der Waals surface area (Å²) in [6, 6.07) is 11.3. The summed E-state index contributed by atoms with van der Waals surface area (Å²) in [4.78, 5) is 0. The summed E-state index contributed by atoms with van der Waals surface area (Å²) in [5, 5.41) is 3.44. The number of hydrogen-bond donors (Lipinski definition) is 1. The van der Waals surface area contributed by atoms with Crippen LogP contribution >= 0.6 is 0 Å². The van der Waals surface area contributed by atoms with Crippen molar-refractivity contribution >= 4 is 5.69 Å². The molecule has 1 aliphatic heterocycles. The minimum atomic E-state index is -0.199. The van der Waals surface area contributed by atoms with Crippen molar-refractivity contribution in [3.8, 4) is 5.75 Å². The topological polar surface area (TPSA) is 21.3 Å². The zero-order valence-corrected chi connectivity index (χ0v) is 11.7. The van der Waals surface area contributed by atoms with Gasteiger partial charge in [0.25, 0.3) is 0 Å². The van der Waals surface area contributed by atoms with Crippen LogP contribution in [-0.4, -0.2) is 6.61 Å². The molecule has 0 bridgehead atoms. The fourth-order valence-electron chi connectivity index (χ4n) is 2.58. The van der Waals surface area contributed by atoms with E-state index in [9.17, 15) is 4.39 Å². The van der Waals surface area contributed by atoms with Crippen LogP contribution in [-0.2, 0) is 6.42 Å². The Morgan fingerprint density at radius 1 is 1.20 bits per heavy atom. The van der Waals surface area contributed by atoms with Crippen molar-refractivity contribution in [1.29, 1.82) is 0 Å². The van der Waals surface area contributed by atoms with Crippen LogP contribution in [0.4, 0.5) is 10.1 Å². The van der Waals surface area contributed by atoms with Crippen LogP contribution in [0.2, 0.25) is 0 Å². The van der Waals surface area contributed by atoms with Crippen molar-refractivity contribution < 1.29 is 9.13 Å². The van der Waals surface area contributed by atoms with Crippen molar-refractivity contribution in [3.63, 3.8) is 0 Å². The molecule has 0 radical (unpaired) electrons. The fourth-order valence-corrected chi connectivity index (χ4v) is 2.58. The van der Waals surface area contributed by atoms with E-state index >= 15 is 0 Å². The van der Waals surface area contributed by atoms with Crippen molar-refractivity contribution in [1.82, 2.24) is 0 Å². The van der Waals surface area contributed by atoms with Crippen LogP contribution in [0.1, 0.15) is 29.7 Å². The third-order valence-corrected chi connectivity index (χ3v) is 3.77. The quantitative estimate of drug-likeness (QED) is 0.901. The molecule has 1 unspecified atom stereocenters. The summed E-state index contributed by atoms with van der Waals surface area (Å²) in [6.07, 6.45) is 0.978. The molecule has 0 saturated carbocycles. The zero-order valence-electron chi connectivity index (χ0n) is 11.7. The molecule has 0 spiro atoms. The Labute approximate surface area is 118 Å². The Bertz CT molecular complexity index is 639. The van der Waals surface area contributed by atoms with Crippen LogP contribution < -0.4 is 10.1 Å². The first kappa shape index (κ1) is 13.0. The Morgan fingerprint density at radius 2 is 2.05 bits per heavy atom. The number of aryl methyl sites for hydroxylation is 1. The predicted molar refractivity (Wildman–Crippen MR) is 78.8 cm³/mol. The smallest absolute Gasteiger partial charge is 0.123 e. The van der Waals surface area contributed by atoms with Gasteiger partial charge in [-0.05, 0) is 60.9 Å². The minimum Gasteiger partial charge on any atom is -0.493 e. The second-order valence-corrected chi connectivity index (χ2v) is 5.29. The summed E-state index contributed by atoms with van der Waals surface area (Å²) < 4.78 is 18.6. The molecule has 1 aliphatic rings. The standard InChI is InChI=1S/C17H18FNO/c1-11-9-15(18)4-5-16(11)19-12(2)13-3-6-17-14(10-13)7-8-20-17/h3-6,9-10,12,19H,7-8H2,1-2H3. The van der Waals surface area contributed by atoms with E-state index in [1.807, 2.05) is 13.0 Å². The van der Waals surface area contributed by atoms with Crippen molar-refractivity contribution in [2.45, 2.75) is 26.3 Å². The number of rotatable bonds is 3. The zero-order chi connectivity index (χ0) is 14.1. The maximum absolute atomic E-state index is 13.1. The van der Waals surface area contributed by atoms with Crippen LogP contribution in [0.15, 0.2) is 36.4 Å². The van der Waals surface area contributed by atoms with Crippen molar-refractivity contribution in [2.75, 3.05) is 11.9 Å². The third-order valence-electron chi connectivity index (χ3n) is 3.77. The molecule has 20 heavy (non-hydrogen) atoms. The molecule has 1 N–H and O–H groups in total. The van der Waals surface area contributed by atoms with E-state index in [0.717, 1.165) is 30.0 Å². The summed E-state index contributed by atoms with van der Waals surface area (Å²) >= 11 is 0. The lowest BCUT2D eigenvalue weighted by atomic mass is 10.0. The van der Waals surface area contributed by atoms with Gasteiger partial charge in [0.05, 0.1) is 6.61 Å². The molecule has 1 heterocycles. The first-order chi connectivity index (χ1) is 9.63. The monoisotopic (exact) mass is 271 g/mol. The molecular weight excluding hydrogens is 253 g/mol. The van der Waals surface area contributed by atoms with Gasteiger partial charge in [0.1, 0.15) is 11.6 Å². The number of benzene rings is 2. The van der Waals surface area contributed by atoms with Gasteiger partial charge in [0, 0.05) is 18.2 Å².